The molecule has 1 aliphatic heterocycles. The van der Waals surface area contributed by atoms with Crippen molar-refractivity contribution < 1.29 is 14.4 Å². The highest BCUT2D eigenvalue weighted by Crippen LogP contribution is 2.33. The second-order valence-corrected chi connectivity index (χ2v) is 7.54. The molecule has 2 aliphatic carbocycles. The normalized spacial score (nSPS) is 24.8. The predicted molar refractivity (Wildman–Crippen MR) is 90.3 cm³/mol. The minimum atomic E-state index is -0.687. The zero-order valence-corrected chi connectivity index (χ0v) is 14.4. The zero-order valence-electron chi connectivity index (χ0n) is 14.4. The van der Waals surface area contributed by atoms with Crippen molar-refractivity contribution in [3.63, 3.8) is 0 Å². The molecule has 2 saturated carbocycles. The number of carbonyl (C=O) groups excluding carboxylic acids is 3. The topological polar surface area (TPSA) is 78.5 Å². The van der Waals surface area contributed by atoms with Crippen LogP contribution in [0.1, 0.15) is 77.0 Å². The maximum atomic E-state index is 12.7. The first-order chi connectivity index (χ1) is 11.6. The molecule has 1 heterocycles. The number of hydrogen-bond acceptors (Lipinski definition) is 3. The molecule has 0 aromatic heterocycles. The van der Waals surface area contributed by atoms with Gasteiger partial charge in [0.1, 0.15) is 5.54 Å². The molecular formula is C18H29N3O3. The van der Waals surface area contributed by atoms with Crippen LogP contribution in [0.4, 0.5) is 4.79 Å². The highest BCUT2D eigenvalue weighted by molar-refractivity contribution is 6.07. The molecule has 0 radical (unpaired) electrons. The van der Waals surface area contributed by atoms with Crippen LogP contribution in [-0.2, 0) is 9.59 Å². The smallest absolute Gasteiger partial charge is 0.325 e. The molecule has 24 heavy (non-hydrogen) atoms. The minimum Gasteiger partial charge on any atom is -0.353 e. The molecule has 0 unspecified atom stereocenters. The number of rotatable bonds is 4. The third-order valence-corrected chi connectivity index (χ3v) is 5.74. The summed E-state index contributed by atoms with van der Waals surface area (Å²) in [7, 11) is 0. The summed E-state index contributed by atoms with van der Waals surface area (Å²) in [5, 5.41) is 5.96. The number of carbonyl (C=O) groups is 3. The van der Waals surface area contributed by atoms with Crippen LogP contribution in [0.25, 0.3) is 0 Å². The number of amides is 4. The Kier molecular flexibility index (Phi) is 5.41. The van der Waals surface area contributed by atoms with Crippen molar-refractivity contribution in [2.45, 2.75) is 88.6 Å². The molecular weight excluding hydrogens is 306 g/mol. The highest BCUT2D eigenvalue weighted by atomic mass is 16.2. The fourth-order valence-electron chi connectivity index (χ4n) is 4.31. The first kappa shape index (κ1) is 17.2. The number of nitrogens with zero attached hydrogens (tertiary/aromatic N) is 1. The Hall–Kier alpha value is -1.59. The summed E-state index contributed by atoms with van der Waals surface area (Å²) in [6.45, 7) is 0.185. The lowest BCUT2D eigenvalue weighted by Crippen LogP contribution is -2.48. The molecule has 3 fully saturated rings. The van der Waals surface area contributed by atoms with Crippen molar-refractivity contribution in [3.05, 3.63) is 0 Å². The van der Waals surface area contributed by atoms with Crippen LogP contribution in [0.3, 0.4) is 0 Å². The maximum Gasteiger partial charge on any atom is 0.325 e. The first-order valence-electron chi connectivity index (χ1n) is 9.54. The van der Waals surface area contributed by atoms with Crippen molar-refractivity contribution in [3.8, 4) is 0 Å². The van der Waals surface area contributed by atoms with Gasteiger partial charge in [0.15, 0.2) is 0 Å². The van der Waals surface area contributed by atoms with E-state index in [9.17, 15) is 14.4 Å². The van der Waals surface area contributed by atoms with Crippen LogP contribution >= 0.6 is 0 Å². The monoisotopic (exact) mass is 335 g/mol. The van der Waals surface area contributed by atoms with Crippen molar-refractivity contribution in [2.75, 3.05) is 6.54 Å². The Labute approximate surface area is 143 Å². The summed E-state index contributed by atoms with van der Waals surface area (Å²) in [6, 6.07) is -0.0723. The van der Waals surface area contributed by atoms with E-state index >= 15 is 0 Å². The van der Waals surface area contributed by atoms with E-state index in [0.717, 1.165) is 44.9 Å². The van der Waals surface area contributed by atoms with Gasteiger partial charge in [-0.15, -0.1) is 0 Å². The maximum absolute atomic E-state index is 12.7. The average Bonchev–Trinajstić information content (AvgIpc) is 2.76. The molecule has 0 atom stereocenters. The molecule has 3 rings (SSSR count). The average molecular weight is 335 g/mol. The first-order valence-corrected chi connectivity index (χ1v) is 9.54. The fourth-order valence-corrected chi connectivity index (χ4v) is 4.31. The molecule has 6 heteroatoms. The van der Waals surface area contributed by atoms with Crippen molar-refractivity contribution in [2.24, 2.45) is 0 Å². The zero-order chi connectivity index (χ0) is 17.0. The van der Waals surface area contributed by atoms with Crippen LogP contribution in [0, 0.1) is 0 Å². The van der Waals surface area contributed by atoms with E-state index in [1.54, 1.807) is 0 Å². The van der Waals surface area contributed by atoms with Gasteiger partial charge in [0.05, 0.1) is 0 Å². The van der Waals surface area contributed by atoms with Gasteiger partial charge in [0.25, 0.3) is 5.91 Å². The number of imide groups is 1. The SMILES string of the molecule is O=C(CCN1C(=O)NC2(CCCCC2)C1=O)NC1CCCCCC1. The molecule has 0 aromatic rings. The van der Waals surface area contributed by atoms with E-state index in [1.807, 2.05) is 0 Å². The second-order valence-electron chi connectivity index (χ2n) is 7.54. The molecule has 0 aromatic carbocycles. The molecule has 1 spiro atoms. The van der Waals surface area contributed by atoms with Gasteiger partial charge >= 0.3 is 6.03 Å². The van der Waals surface area contributed by atoms with Crippen LogP contribution in [0.5, 0.6) is 0 Å². The van der Waals surface area contributed by atoms with Crippen LogP contribution in [0.2, 0.25) is 0 Å². The standard InChI is InChI=1S/C18H29N3O3/c22-15(19-14-8-4-1-2-5-9-14)10-13-21-16(23)18(20-17(21)24)11-6-3-7-12-18/h14H,1-13H2,(H,19,22)(H,20,24). The highest BCUT2D eigenvalue weighted by Gasteiger charge is 2.51. The van der Waals surface area contributed by atoms with Crippen molar-refractivity contribution in [1.82, 2.24) is 15.5 Å². The summed E-state index contributed by atoms with van der Waals surface area (Å²) < 4.78 is 0. The Morgan fingerprint density at radius 1 is 1.04 bits per heavy atom. The summed E-state index contributed by atoms with van der Waals surface area (Å²) in [4.78, 5) is 38.2. The van der Waals surface area contributed by atoms with Gasteiger partial charge in [-0.2, -0.15) is 0 Å². The van der Waals surface area contributed by atoms with Gasteiger partial charge in [-0.3, -0.25) is 14.5 Å². The predicted octanol–water partition coefficient (Wildman–Crippen LogP) is 2.47. The third-order valence-electron chi connectivity index (χ3n) is 5.74. The van der Waals surface area contributed by atoms with E-state index in [1.165, 1.54) is 30.6 Å². The van der Waals surface area contributed by atoms with E-state index in [4.69, 9.17) is 0 Å². The quantitative estimate of drug-likeness (QED) is 0.612. The van der Waals surface area contributed by atoms with Crippen molar-refractivity contribution >= 4 is 17.8 Å². The Morgan fingerprint density at radius 3 is 2.33 bits per heavy atom. The number of nitrogens with one attached hydrogen (secondary N) is 2. The largest absolute Gasteiger partial charge is 0.353 e. The number of hydrogen-bond donors (Lipinski definition) is 2. The van der Waals surface area contributed by atoms with E-state index in [2.05, 4.69) is 10.6 Å². The second kappa shape index (κ2) is 7.53. The van der Waals surface area contributed by atoms with Gasteiger partial charge in [0, 0.05) is 19.0 Å². The molecule has 6 nitrogen and oxygen atoms in total. The van der Waals surface area contributed by atoms with Gasteiger partial charge in [-0.1, -0.05) is 44.9 Å². The molecule has 1 saturated heterocycles. The lowest BCUT2D eigenvalue weighted by atomic mass is 9.82. The van der Waals surface area contributed by atoms with Crippen molar-refractivity contribution in [1.29, 1.82) is 0 Å². The lowest BCUT2D eigenvalue weighted by molar-refractivity contribution is -0.132. The summed E-state index contributed by atoms with van der Waals surface area (Å²) in [6.07, 6.45) is 11.6. The number of urea groups is 1. The van der Waals surface area contributed by atoms with E-state index in [0.29, 0.717) is 0 Å². The molecule has 134 valence electrons. The molecule has 3 aliphatic rings. The van der Waals surface area contributed by atoms with E-state index < -0.39 is 5.54 Å². The van der Waals surface area contributed by atoms with E-state index in [-0.39, 0.29) is 36.9 Å². The summed E-state index contributed by atoms with van der Waals surface area (Å²) in [5.74, 6) is -0.179. The van der Waals surface area contributed by atoms with Gasteiger partial charge in [-0.05, 0) is 25.7 Å². The van der Waals surface area contributed by atoms with Gasteiger partial charge < -0.3 is 10.6 Å². The van der Waals surface area contributed by atoms with Crippen LogP contribution in [-0.4, -0.2) is 40.9 Å². The minimum absolute atomic E-state index is 0.0490. The third kappa shape index (κ3) is 3.73. The van der Waals surface area contributed by atoms with Crippen LogP contribution < -0.4 is 10.6 Å². The Bertz CT molecular complexity index is 492. The van der Waals surface area contributed by atoms with Gasteiger partial charge in [-0.25, -0.2) is 4.79 Å². The van der Waals surface area contributed by atoms with Crippen LogP contribution in [0.15, 0.2) is 0 Å². The van der Waals surface area contributed by atoms with Gasteiger partial charge in [0.2, 0.25) is 5.91 Å². The Morgan fingerprint density at radius 2 is 1.67 bits per heavy atom. The Balaban J connectivity index is 1.49. The summed E-state index contributed by atoms with van der Waals surface area (Å²) in [5.41, 5.74) is -0.687. The fraction of sp³-hybridized carbons (Fsp3) is 0.833. The summed E-state index contributed by atoms with van der Waals surface area (Å²) >= 11 is 0. The molecule has 4 amide bonds. The molecule has 0 bridgehead atoms. The molecule has 2 N–H and O–H groups in total. The lowest BCUT2D eigenvalue weighted by Gasteiger charge is -2.30.